The van der Waals surface area contributed by atoms with Gasteiger partial charge in [0.15, 0.2) is 0 Å². The zero-order valence-electron chi connectivity index (χ0n) is 10.9. The second-order valence-corrected chi connectivity index (χ2v) is 6.17. The van der Waals surface area contributed by atoms with Gasteiger partial charge in [0.25, 0.3) is 0 Å². The summed E-state index contributed by atoms with van der Waals surface area (Å²) in [4.78, 5) is 0. The predicted molar refractivity (Wildman–Crippen MR) is 62.9 cm³/mol. The van der Waals surface area contributed by atoms with Crippen molar-refractivity contribution in [3.8, 4) is 5.75 Å². The molecule has 0 saturated heterocycles. The van der Waals surface area contributed by atoms with Crippen LogP contribution in [0.1, 0.15) is 30.4 Å². The van der Waals surface area contributed by atoms with E-state index in [1.165, 1.54) is 0 Å². The number of hydrogen-bond acceptors (Lipinski definition) is 1. The first-order chi connectivity index (χ1) is 8.44. The third-order valence-electron chi connectivity index (χ3n) is 5.07. The van der Waals surface area contributed by atoms with E-state index in [0.717, 1.165) is 23.3 Å². The van der Waals surface area contributed by atoms with Crippen LogP contribution < -0.4 is 56.1 Å². The number of halogens is 3. The van der Waals surface area contributed by atoms with Gasteiger partial charge in [0.2, 0.25) is 0 Å². The van der Waals surface area contributed by atoms with E-state index in [2.05, 4.69) is 6.07 Å². The smallest absolute Gasteiger partial charge is 0.493 e. The van der Waals surface area contributed by atoms with Crippen molar-refractivity contribution in [2.45, 2.75) is 36.4 Å². The van der Waals surface area contributed by atoms with Gasteiger partial charge < -0.3 is 17.7 Å². The molecule has 0 aromatic heterocycles. The van der Waals surface area contributed by atoms with Crippen molar-refractivity contribution in [1.29, 1.82) is 0 Å². The first-order valence-electron chi connectivity index (χ1n) is 6.40. The van der Waals surface area contributed by atoms with Gasteiger partial charge >= 0.3 is 58.4 Å². The van der Waals surface area contributed by atoms with Crippen LogP contribution in [0.5, 0.6) is 5.75 Å². The van der Waals surface area contributed by atoms with E-state index in [0.29, 0.717) is 25.9 Å². The van der Waals surface area contributed by atoms with Crippen molar-refractivity contribution in [3.05, 3.63) is 29.3 Å². The van der Waals surface area contributed by atoms with Crippen LogP contribution in [0, 0.1) is 0 Å². The summed E-state index contributed by atoms with van der Waals surface area (Å²) in [6.07, 6.45) is 1.81. The van der Waals surface area contributed by atoms with Gasteiger partial charge in [-0.1, -0.05) is 36.7 Å². The minimum Gasteiger partial charge on any atom is -0.493 e. The van der Waals surface area contributed by atoms with Crippen molar-refractivity contribution in [2.75, 3.05) is 6.61 Å². The van der Waals surface area contributed by atoms with Crippen LogP contribution in [0.15, 0.2) is 18.2 Å². The van der Waals surface area contributed by atoms with Crippen molar-refractivity contribution < 1.29 is 69.1 Å². The van der Waals surface area contributed by atoms with E-state index in [4.69, 9.17) is 4.74 Å². The average molecular weight is 292 g/mol. The Balaban J connectivity index is 0.00000110. The first-order valence-corrected chi connectivity index (χ1v) is 6.40. The molecule has 2 bridgehead atoms. The monoisotopic (exact) mass is 292 g/mol. The molecule has 4 aliphatic rings. The molecule has 3 fully saturated rings. The summed E-state index contributed by atoms with van der Waals surface area (Å²) in [5.74, 6) is 0.903. The van der Waals surface area contributed by atoms with Crippen LogP contribution in [0.2, 0.25) is 5.31 Å². The fraction of sp³-hybridized carbons (Fsp3) is 0.538. The standard InChI is InChI=1S/C13H13BF3O.K/c15-14(16,17)13-6-12(7-13,8-13)10-1-2-11-9(5-10)3-4-18-11;/h1-2,5H,3-4,6-8H2;/q-1;+1. The Kier molecular flexibility index (Phi) is 3.24. The van der Waals surface area contributed by atoms with Crippen molar-refractivity contribution >= 4 is 6.98 Å². The molecule has 0 unspecified atom stereocenters. The van der Waals surface area contributed by atoms with E-state index in [1.807, 2.05) is 12.1 Å². The number of fused-ring (bicyclic) bond motifs is 1. The second kappa shape index (κ2) is 4.26. The van der Waals surface area contributed by atoms with Crippen LogP contribution in [-0.4, -0.2) is 13.6 Å². The predicted octanol–water partition coefficient (Wildman–Crippen LogP) is 0.649. The van der Waals surface area contributed by atoms with Gasteiger partial charge in [-0.05, 0) is 22.6 Å². The topological polar surface area (TPSA) is 9.23 Å². The molecule has 1 heterocycles. The molecule has 96 valence electrons. The van der Waals surface area contributed by atoms with Gasteiger partial charge in [0, 0.05) is 6.42 Å². The van der Waals surface area contributed by atoms with Crippen molar-refractivity contribution in [3.63, 3.8) is 0 Å². The molecule has 5 rings (SSSR count). The molecule has 0 radical (unpaired) electrons. The Morgan fingerprint density at radius 3 is 2.42 bits per heavy atom. The largest absolute Gasteiger partial charge is 1.00 e. The minimum absolute atomic E-state index is 0. The van der Waals surface area contributed by atoms with Gasteiger partial charge in [-0.3, -0.25) is 0 Å². The van der Waals surface area contributed by atoms with Crippen LogP contribution in [-0.2, 0) is 11.8 Å². The summed E-state index contributed by atoms with van der Waals surface area (Å²) in [5, 5.41) is -1.30. The van der Waals surface area contributed by atoms with E-state index in [-0.39, 0.29) is 56.8 Å². The molecular formula is C13H13BF3KO. The van der Waals surface area contributed by atoms with Gasteiger partial charge in [-0.25, -0.2) is 0 Å². The van der Waals surface area contributed by atoms with Crippen molar-refractivity contribution in [1.82, 2.24) is 0 Å². The van der Waals surface area contributed by atoms with Crippen LogP contribution in [0.4, 0.5) is 12.9 Å². The molecule has 0 N–H and O–H groups in total. The van der Waals surface area contributed by atoms with E-state index < -0.39 is 12.3 Å². The molecule has 3 saturated carbocycles. The zero-order valence-corrected chi connectivity index (χ0v) is 14.0. The summed E-state index contributed by atoms with van der Waals surface area (Å²) in [5.41, 5.74) is 2.08. The third-order valence-corrected chi connectivity index (χ3v) is 5.07. The SMILES string of the molecule is F[B-](F)(F)C12CC(c3ccc4c(c3)CCO4)(C1)C2.[K+]. The fourth-order valence-electron chi connectivity index (χ4n) is 4.04. The Labute approximate surface area is 152 Å². The summed E-state index contributed by atoms with van der Waals surface area (Å²) >= 11 is 0. The number of benzene rings is 1. The van der Waals surface area contributed by atoms with Crippen LogP contribution in [0.25, 0.3) is 0 Å². The Bertz CT molecular complexity index is 523. The zero-order chi connectivity index (χ0) is 12.6. The normalized spacial score (nSPS) is 34.5. The van der Waals surface area contributed by atoms with Gasteiger partial charge in [-0.2, -0.15) is 0 Å². The van der Waals surface area contributed by atoms with E-state index in [1.54, 1.807) is 0 Å². The van der Waals surface area contributed by atoms with Gasteiger partial charge in [-0.15, -0.1) is 0 Å². The Morgan fingerprint density at radius 2 is 1.79 bits per heavy atom. The summed E-state index contributed by atoms with van der Waals surface area (Å²) in [6, 6.07) is 5.94. The number of rotatable bonds is 2. The third kappa shape index (κ3) is 1.83. The van der Waals surface area contributed by atoms with Crippen LogP contribution in [0.3, 0.4) is 0 Å². The Hall–Kier alpha value is 0.511. The minimum atomic E-state index is -4.67. The van der Waals surface area contributed by atoms with Gasteiger partial charge in [0.1, 0.15) is 5.75 Å². The average Bonchev–Trinajstić information content (AvgIpc) is 2.57. The summed E-state index contributed by atoms with van der Waals surface area (Å²) in [7, 11) is 0. The quantitative estimate of drug-likeness (QED) is 0.727. The molecule has 1 aromatic rings. The molecule has 0 atom stereocenters. The molecule has 3 aliphatic carbocycles. The maximum Gasteiger partial charge on any atom is 1.00 e. The Morgan fingerprint density at radius 1 is 1.11 bits per heavy atom. The molecule has 0 spiro atoms. The number of hydrogen-bond donors (Lipinski definition) is 0. The summed E-state index contributed by atoms with van der Waals surface area (Å²) < 4.78 is 44.0. The molecule has 0 amide bonds. The maximum atomic E-state index is 12.9. The maximum absolute atomic E-state index is 12.9. The number of ether oxygens (including phenoxy) is 1. The molecule has 1 aromatic carbocycles. The molecule has 6 heteroatoms. The molecular weight excluding hydrogens is 279 g/mol. The second-order valence-electron chi connectivity index (χ2n) is 6.17. The van der Waals surface area contributed by atoms with E-state index in [9.17, 15) is 12.9 Å². The van der Waals surface area contributed by atoms with E-state index >= 15 is 0 Å². The van der Waals surface area contributed by atoms with Crippen LogP contribution >= 0.6 is 0 Å². The fourth-order valence-corrected chi connectivity index (χ4v) is 4.04. The summed E-state index contributed by atoms with van der Waals surface area (Å²) in [6.45, 7) is -3.97. The van der Waals surface area contributed by atoms with Gasteiger partial charge in [0.05, 0.1) is 6.61 Å². The first kappa shape index (κ1) is 14.4. The molecule has 19 heavy (non-hydrogen) atoms. The van der Waals surface area contributed by atoms with Crippen molar-refractivity contribution in [2.24, 2.45) is 0 Å². The molecule has 1 aliphatic heterocycles. The molecule has 1 nitrogen and oxygen atoms in total.